The van der Waals surface area contributed by atoms with Crippen LogP contribution in [-0.4, -0.2) is 5.11 Å². The molecule has 0 saturated heterocycles. The Morgan fingerprint density at radius 1 is 1.09 bits per heavy atom. The number of aromatic hydroxyl groups is 1. The highest BCUT2D eigenvalue weighted by Crippen LogP contribution is 2.51. The SMILES string of the molecule is Cc1cc(C)c2c(c1)NC(c1ccc(O)cc1)C1CC=CC21. The van der Waals surface area contributed by atoms with Gasteiger partial charge >= 0.3 is 0 Å². The molecule has 2 aromatic carbocycles. The number of benzene rings is 2. The van der Waals surface area contributed by atoms with Gasteiger partial charge in [-0.3, -0.25) is 0 Å². The molecule has 0 saturated carbocycles. The first-order valence-electron chi connectivity index (χ1n) is 7.97. The van der Waals surface area contributed by atoms with Gasteiger partial charge in [-0.15, -0.1) is 0 Å². The number of allylic oxidation sites excluding steroid dienone is 2. The molecule has 2 nitrogen and oxygen atoms in total. The van der Waals surface area contributed by atoms with E-state index in [0.717, 1.165) is 6.42 Å². The third kappa shape index (κ3) is 2.02. The zero-order chi connectivity index (χ0) is 15.3. The van der Waals surface area contributed by atoms with E-state index < -0.39 is 0 Å². The lowest BCUT2D eigenvalue weighted by Crippen LogP contribution is -2.29. The quantitative estimate of drug-likeness (QED) is 0.737. The minimum atomic E-state index is 0.300. The number of fused-ring (bicyclic) bond motifs is 3. The van der Waals surface area contributed by atoms with E-state index in [2.05, 4.69) is 43.4 Å². The zero-order valence-corrected chi connectivity index (χ0v) is 13.0. The molecular formula is C20H21NO. The summed E-state index contributed by atoms with van der Waals surface area (Å²) in [5, 5.41) is 13.3. The topological polar surface area (TPSA) is 32.3 Å². The largest absolute Gasteiger partial charge is 0.508 e. The van der Waals surface area contributed by atoms with Gasteiger partial charge in [0.1, 0.15) is 5.75 Å². The van der Waals surface area contributed by atoms with Gasteiger partial charge in [0.05, 0.1) is 6.04 Å². The average molecular weight is 291 g/mol. The predicted octanol–water partition coefficient (Wildman–Crippen LogP) is 4.84. The van der Waals surface area contributed by atoms with Gasteiger partial charge in [-0.2, -0.15) is 0 Å². The highest BCUT2D eigenvalue weighted by atomic mass is 16.3. The lowest BCUT2D eigenvalue weighted by molar-refractivity contribution is 0.423. The van der Waals surface area contributed by atoms with E-state index >= 15 is 0 Å². The van der Waals surface area contributed by atoms with E-state index in [9.17, 15) is 5.11 Å². The van der Waals surface area contributed by atoms with Crippen LogP contribution in [0.3, 0.4) is 0 Å². The number of aryl methyl sites for hydroxylation is 2. The highest BCUT2D eigenvalue weighted by Gasteiger charge is 2.38. The Morgan fingerprint density at radius 3 is 2.64 bits per heavy atom. The molecule has 1 aliphatic heterocycles. The van der Waals surface area contributed by atoms with Crippen LogP contribution in [0.25, 0.3) is 0 Å². The minimum absolute atomic E-state index is 0.300. The summed E-state index contributed by atoms with van der Waals surface area (Å²) in [4.78, 5) is 0. The lowest BCUT2D eigenvalue weighted by Gasteiger charge is -2.38. The van der Waals surface area contributed by atoms with Crippen LogP contribution in [0.4, 0.5) is 5.69 Å². The molecule has 2 N–H and O–H groups in total. The number of phenols is 1. The van der Waals surface area contributed by atoms with Crippen molar-refractivity contribution < 1.29 is 5.11 Å². The van der Waals surface area contributed by atoms with Crippen molar-refractivity contribution in [1.82, 2.24) is 0 Å². The molecule has 0 radical (unpaired) electrons. The van der Waals surface area contributed by atoms with Crippen LogP contribution in [0.5, 0.6) is 5.75 Å². The molecule has 0 aromatic heterocycles. The highest BCUT2D eigenvalue weighted by molar-refractivity contribution is 5.63. The molecule has 0 bridgehead atoms. The number of nitrogens with one attached hydrogen (secondary N) is 1. The Bertz CT molecular complexity index is 745. The number of phenolic OH excluding ortho intramolecular Hbond substituents is 1. The molecule has 1 aliphatic carbocycles. The molecule has 2 aliphatic rings. The van der Waals surface area contributed by atoms with Crippen molar-refractivity contribution in [3.8, 4) is 5.75 Å². The zero-order valence-electron chi connectivity index (χ0n) is 13.0. The molecule has 22 heavy (non-hydrogen) atoms. The van der Waals surface area contributed by atoms with Crippen molar-refractivity contribution in [3.05, 3.63) is 70.8 Å². The minimum Gasteiger partial charge on any atom is -0.508 e. The maximum atomic E-state index is 9.54. The van der Waals surface area contributed by atoms with Gasteiger partial charge in [-0.05, 0) is 66.6 Å². The first-order valence-corrected chi connectivity index (χ1v) is 7.97. The standard InChI is InChI=1S/C20H21NO/c1-12-10-13(2)19-16-4-3-5-17(16)20(21-18(19)11-12)14-6-8-15(22)9-7-14/h3-4,6-11,16-17,20-22H,5H2,1-2H3. The van der Waals surface area contributed by atoms with Crippen LogP contribution in [0, 0.1) is 19.8 Å². The molecule has 0 fully saturated rings. The summed E-state index contributed by atoms with van der Waals surface area (Å²) < 4.78 is 0. The Kier molecular flexibility index (Phi) is 3.00. The van der Waals surface area contributed by atoms with Gasteiger partial charge in [0.2, 0.25) is 0 Å². The predicted molar refractivity (Wildman–Crippen MR) is 90.4 cm³/mol. The van der Waals surface area contributed by atoms with Crippen LogP contribution in [0.1, 0.15) is 40.6 Å². The summed E-state index contributed by atoms with van der Waals surface area (Å²) >= 11 is 0. The molecule has 4 rings (SSSR count). The van der Waals surface area contributed by atoms with Crippen LogP contribution >= 0.6 is 0 Å². The molecule has 2 aromatic rings. The summed E-state index contributed by atoms with van der Waals surface area (Å²) in [7, 11) is 0. The molecule has 0 amide bonds. The normalized spacial score (nSPS) is 25.5. The van der Waals surface area contributed by atoms with Crippen LogP contribution in [-0.2, 0) is 0 Å². The van der Waals surface area contributed by atoms with E-state index in [4.69, 9.17) is 0 Å². The number of hydrogen-bond acceptors (Lipinski definition) is 2. The van der Waals surface area contributed by atoms with Gasteiger partial charge in [0.25, 0.3) is 0 Å². The Balaban J connectivity index is 1.82. The lowest BCUT2D eigenvalue weighted by atomic mass is 9.75. The monoisotopic (exact) mass is 291 g/mol. The molecule has 1 heterocycles. The maximum Gasteiger partial charge on any atom is 0.115 e. The van der Waals surface area contributed by atoms with Gasteiger partial charge in [-0.1, -0.05) is 30.4 Å². The van der Waals surface area contributed by atoms with Crippen molar-refractivity contribution in [3.63, 3.8) is 0 Å². The fraction of sp³-hybridized carbons (Fsp3) is 0.300. The van der Waals surface area contributed by atoms with Gasteiger partial charge in [-0.25, -0.2) is 0 Å². The molecular weight excluding hydrogens is 270 g/mol. The van der Waals surface area contributed by atoms with Gasteiger partial charge in [0, 0.05) is 11.6 Å². The molecule has 2 heteroatoms. The first kappa shape index (κ1) is 13.4. The summed E-state index contributed by atoms with van der Waals surface area (Å²) in [5.41, 5.74) is 6.66. The fourth-order valence-corrected chi connectivity index (χ4v) is 4.15. The van der Waals surface area contributed by atoms with E-state index in [0.29, 0.717) is 23.6 Å². The van der Waals surface area contributed by atoms with Crippen molar-refractivity contribution in [2.24, 2.45) is 5.92 Å². The second kappa shape index (κ2) is 4.91. The smallest absolute Gasteiger partial charge is 0.115 e. The first-order chi connectivity index (χ1) is 10.6. The molecule has 3 atom stereocenters. The van der Waals surface area contributed by atoms with E-state index in [1.54, 1.807) is 12.1 Å². The van der Waals surface area contributed by atoms with Gasteiger partial charge < -0.3 is 10.4 Å². The number of rotatable bonds is 1. The van der Waals surface area contributed by atoms with Gasteiger partial charge in [0.15, 0.2) is 0 Å². The summed E-state index contributed by atoms with van der Waals surface area (Å²) in [6.07, 6.45) is 5.80. The van der Waals surface area contributed by atoms with Crippen LogP contribution < -0.4 is 5.32 Å². The Labute approximate surface area is 131 Å². The van der Waals surface area contributed by atoms with E-state index in [1.807, 2.05) is 12.1 Å². The Hall–Kier alpha value is -2.22. The van der Waals surface area contributed by atoms with Crippen LogP contribution in [0.2, 0.25) is 0 Å². The summed E-state index contributed by atoms with van der Waals surface area (Å²) in [6.45, 7) is 4.37. The molecule has 3 unspecified atom stereocenters. The third-order valence-corrected chi connectivity index (χ3v) is 5.07. The number of anilines is 1. The average Bonchev–Trinajstić information content (AvgIpc) is 2.95. The maximum absolute atomic E-state index is 9.54. The summed E-state index contributed by atoms with van der Waals surface area (Å²) in [5.74, 6) is 1.38. The van der Waals surface area contributed by atoms with E-state index in [-0.39, 0.29) is 0 Å². The Morgan fingerprint density at radius 2 is 1.86 bits per heavy atom. The third-order valence-electron chi connectivity index (χ3n) is 5.07. The van der Waals surface area contributed by atoms with Crippen molar-refractivity contribution in [2.45, 2.75) is 32.2 Å². The van der Waals surface area contributed by atoms with Crippen molar-refractivity contribution in [2.75, 3.05) is 5.32 Å². The summed E-state index contributed by atoms with van der Waals surface area (Å²) in [6, 6.07) is 12.5. The number of hydrogen-bond donors (Lipinski definition) is 2. The van der Waals surface area contributed by atoms with E-state index in [1.165, 1.54) is 27.9 Å². The van der Waals surface area contributed by atoms with Crippen molar-refractivity contribution in [1.29, 1.82) is 0 Å². The second-order valence-corrected chi connectivity index (χ2v) is 6.61. The molecule has 0 spiro atoms. The fourth-order valence-electron chi connectivity index (χ4n) is 4.15. The van der Waals surface area contributed by atoms with Crippen molar-refractivity contribution >= 4 is 5.69 Å². The molecule has 112 valence electrons. The second-order valence-electron chi connectivity index (χ2n) is 6.61. The van der Waals surface area contributed by atoms with Crippen LogP contribution in [0.15, 0.2) is 48.6 Å².